The minimum absolute atomic E-state index is 0.315. The molecule has 0 unspecified atom stereocenters. The summed E-state index contributed by atoms with van der Waals surface area (Å²) in [7, 11) is 0. The molecule has 4 nitrogen and oxygen atoms in total. The Balaban J connectivity index is 1.52. The highest BCUT2D eigenvalue weighted by Gasteiger charge is 2.13. The van der Waals surface area contributed by atoms with Crippen molar-refractivity contribution in [3.63, 3.8) is 0 Å². The predicted molar refractivity (Wildman–Crippen MR) is 78.2 cm³/mol. The summed E-state index contributed by atoms with van der Waals surface area (Å²) < 4.78 is 10.7. The number of hydrogen-bond acceptors (Lipinski definition) is 4. The number of aromatic amines is 1. The summed E-state index contributed by atoms with van der Waals surface area (Å²) in [6.07, 6.45) is 0. The van der Waals surface area contributed by atoms with Crippen molar-refractivity contribution in [2.45, 2.75) is 10.9 Å². The van der Waals surface area contributed by atoms with Crippen LogP contribution >= 0.6 is 11.8 Å². The van der Waals surface area contributed by atoms with E-state index >= 15 is 0 Å². The smallest absolute Gasteiger partial charge is 0.231 e. The normalized spacial score (nSPS) is 13.0. The van der Waals surface area contributed by atoms with Gasteiger partial charge in [0.1, 0.15) is 0 Å². The molecule has 4 rings (SSSR count). The fourth-order valence-corrected chi connectivity index (χ4v) is 3.01. The van der Waals surface area contributed by atoms with E-state index in [1.165, 1.54) is 5.56 Å². The molecule has 5 heteroatoms. The molecule has 1 aromatic heterocycles. The second kappa shape index (κ2) is 4.76. The van der Waals surface area contributed by atoms with Gasteiger partial charge in [-0.15, -0.1) is 0 Å². The maximum Gasteiger partial charge on any atom is 0.231 e. The van der Waals surface area contributed by atoms with Gasteiger partial charge in [-0.3, -0.25) is 0 Å². The fourth-order valence-electron chi connectivity index (χ4n) is 2.18. The molecule has 1 aliphatic heterocycles. The average Bonchev–Trinajstić information content (AvgIpc) is 3.10. The van der Waals surface area contributed by atoms with Crippen molar-refractivity contribution in [3.8, 4) is 11.5 Å². The molecule has 2 aromatic carbocycles. The number of aromatic nitrogens is 2. The minimum Gasteiger partial charge on any atom is -0.454 e. The van der Waals surface area contributed by atoms with Crippen LogP contribution in [0.1, 0.15) is 5.56 Å². The number of para-hydroxylation sites is 2. The van der Waals surface area contributed by atoms with Gasteiger partial charge in [0.15, 0.2) is 16.7 Å². The number of imidazole rings is 1. The van der Waals surface area contributed by atoms with Crippen LogP contribution in [-0.4, -0.2) is 16.8 Å². The first-order chi connectivity index (χ1) is 9.88. The molecule has 2 heterocycles. The largest absolute Gasteiger partial charge is 0.454 e. The van der Waals surface area contributed by atoms with Crippen molar-refractivity contribution in [1.82, 2.24) is 9.97 Å². The Morgan fingerprint density at radius 3 is 2.95 bits per heavy atom. The van der Waals surface area contributed by atoms with Gasteiger partial charge in [-0.05, 0) is 29.8 Å². The molecule has 3 aromatic rings. The van der Waals surface area contributed by atoms with Crippen LogP contribution in [0.4, 0.5) is 0 Å². The molecule has 1 N–H and O–H groups in total. The van der Waals surface area contributed by atoms with Crippen LogP contribution in [0.15, 0.2) is 47.6 Å². The van der Waals surface area contributed by atoms with E-state index in [9.17, 15) is 0 Å². The van der Waals surface area contributed by atoms with Crippen LogP contribution in [0.25, 0.3) is 11.0 Å². The first-order valence-electron chi connectivity index (χ1n) is 6.34. The first kappa shape index (κ1) is 11.7. The van der Waals surface area contributed by atoms with E-state index in [1.54, 1.807) is 11.8 Å². The van der Waals surface area contributed by atoms with Crippen molar-refractivity contribution >= 4 is 22.8 Å². The Hall–Kier alpha value is -2.14. The Morgan fingerprint density at radius 2 is 2.00 bits per heavy atom. The second-order valence-electron chi connectivity index (χ2n) is 4.54. The number of nitrogens with zero attached hydrogens (tertiary/aromatic N) is 1. The Kier molecular flexibility index (Phi) is 2.77. The predicted octanol–water partition coefficient (Wildman–Crippen LogP) is 3.58. The quantitative estimate of drug-likeness (QED) is 0.747. The van der Waals surface area contributed by atoms with Crippen LogP contribution in [0.2, 0.25) is 0 Å². The molecule has 0 atom stereocenters. The fraction of sp³-hybridized carbons (Fsp3) is 0.133. The zero-order valence-electron chi connectivity index (χ0n) is 10.6. The highest BCUT2D eigenvalue weighted by Crippen LogP contribution is 2.34. The number of rotatable bonds is 3. The van der Waals surface area contributed by atoms with E-state index in [4.69, 9.17) is 9.47 Å². The van der Waals surface area contributed by atoms with Crippen molar-refractivity contribution in [1.29, 1.82) is 0 Å². The molecule has 100 valence electrons. The summed E-state index contributed by atoms with van der Waals surface area (Å²) in [4.78, 5) is 7.87. The van der Waals surface area contributed by atoms with Crippen LogP contribution in [0, 0.1) is 0 Å². The third-order valence-corrected chi connectivity index (χ3v) is 4.12. The standard InChI is InChI=1S/C15H12N2O2S/c1-2-4-12-11(3-1)16-15(17-12)20-8-10-5-6-13-14(7-10)19-9-18-13/h1-7H,8-9H2,(H,16,17). The lowest BCUT2D eigenvalue weighted by atomic mass is 10.2. The van der Waals surface area contributed by atoms with Crippen LogP contribution < -0.4 is 9.47 Å². The lowest BCUT2D eigenvalue weighted by Crippen LogP contribution is -1.92. The van der Waals surface area contributed by atoms with Gasteiger partial charge in [-0.2, -0.15) is 0 Å². The van der Waals surface area contributed by atoms with Crippen LogP contribution in [0.3, 0.4) is 0 Å². The molecule has 0 aliphatic carbocycles. The maximum atomic E-state index is 5.38. The monoisotopic (exact) mass is 284 g/mol. The van der Waals surface area contributed by atoms with Crippen LogP contribution in [-0.2, 0) is 5.75 Å². The number of hydrogen-bond donors (Lipinski definition) is 1. The third kappa shape index (κ3) is 2.10. The summed E-state index contributed by atoms with van der Waals surface area (Å²) in [5.41, 5.74) is 3.26. The lowest BCUT2D eigenvalue weighted by molar-refractivity contribution is 0.174. The van der Waals surface area contributed by atoms with Gasteiger partial charge >= 0.3 is 0 Å². The van der Waals surface area contributed by atoms with Gasteiger partial charge in [-0.25, -0.2) is 4.98 Å². The van der Waals surface area contributed by atoms with Crippen molar-refractivity contribution in [2.24, 2.45) is 0 Å². The molecule has 20 heavy (non-hydrogen) atoms. The molecule has 0 saturated carbocycles. The number of nitrogens with one attached hydrogen (secondary N) is 1. The van der Waals surface area contributed by atoms with Gasteiger partial charge in [0, 0.05) is 5.75 Å². The van der Waals surface area contributed by atoms with E-state index in [2.05, 4.69) is 16.0 Å². The molecule has 0 amide bonds. The van der Waals surface area contributed by atoms with E-state index in [0.717, 1.165) is 33.4 Å². The lowest BCUT2D eigenvalue weighted by Gasteiger charge is -2.01. The molecule has 1 aliphatic rings. The van der Waals surface area contributed by atoms with E-state index in [-0.39, 0.29) is 0 Å². The zero-order valence-corrected chi connectivity index (χ0v) is 11.4. The van der Waals surface area contributed by atoms with Gasteiger partial charge in [0.2, 0.25) is 6.79 Å². The molecule has 0 spiro atoms. The van der Waals surface area contributed by atoms with Crippen LogP contribution in [0.5, 0.6) is 11.5 Å². The van der Waals surface area contributed by atoms with E-state index in [1.807, 2.05) is 36.4 Å². The number of ether oxygens (including phenoxy) is 2. The van der Waals surface area contributed by atoms with Crippen molar-refractivity contribution in [2.75, 3.05) is 6.79 Å². The molecule has 0 saturated heterocycles. The van der Waals surface area contributed by atoms with Gasteiger partial charge in [0.05, 0.1) is 11.0 Å². The maximum absolute atomic E-state index is 5.38. The second-order valence-corrected chi connectivity index (χ2v) is 5.50. The highest BCUT2D eigenvalue weighted by molar-refractivity contribution is 7.98. The number of H-pyrrole nitrogens is 1. The molecular formula is C15H12N2O2S. The number of fused-ring (bicyclic) bond motifs is 2. The summed E-state index contributed by atoms with van der Waals surface area (Å²) in [5, 5.41) is 0.934. The Morgan fingerprint density at radius 1 is 1.10 bits per heavy atom. The van der Waals surface area contributed by atoms with Crippen molar-refractivity contribution < 1.29 is 9.47 Å². The third-order valence-electron chi connectivity index (χ3n) is 3.18. The van der Waals surface area contributed by atoms with Gasteiger partial charge < -0.3 is 14.5 Å². The van der Waals surface area contributed by atoms with E-state index in [0.29, 0.717) is 6.79 Å². The topological polar surface area (TPSA) is 47.1 Å². The summed E-state index contributed by atoms with van der Waals surface area (Å²) >= 11 is 1.68. The van der Waals surface area contributed by atoms with Gasteiger partial charge in [0.25, 0.3) is 0 Å². The highest BCUT2D eigenvalue weighted by atomic mass is 32.2. The summed E-state index contributed by atoms with van der Waals surface area (Å²) in [5.74, 6) is 2.49. The average molecular weight is 284 g/mol. The van der Waals surface area contributed by atoms with Crippen molar-refractivity contribution in [3.05, 3.63) is 48.0 Å². The van der Waals surface area contributed by atoms with E-state index < -0.39 is 0 Å². The summed E-state index contributed by atoms with van der Waals surface area (Å²) in [6, 6.07) is 14.1. The SMILES string of the molecule is c1ccc2[nH]c(SCc3ccc4c(c3)OCO4)nc2c1. The molecule has 0 fully saturated rings. The molecular weight excluding hydrogens is 272 g/mol. The number of benzene rings is 2. The summed E-state index contributed by atoms with van der Waals surface area (Å²) in [6.45, 7) is 0.315. The van der Waals surface area contributed by atoms with Gasteiger partial charge in [-0.1, -0.05) is 30.0 Å². The number of thioether (sulfide) groups is 1. The Bertz CT molecular complexity index is 736. The molecule has 0 bridgehead atoms. The Labute approximate surface area is 120 Å². The molecule has 0 radical (unpaired) electrons. The zero-order chi connectivity index (χ0) is 13.4. The minimum atomic E-state index is 0.315. The first-order valence-corrected chi connectivity index (χ1v) is 7.33.